The highest BCUT2D eigenvalue weighted by molar-refractivity contribution is 9.10. The van der Waals surface area contributed by atoms with Gasteiger partial charge in [0.15, 0.2) is 0 Å². The molecule has 1 aromatic rings. The van der Waals surface area contributed by atoms with Crippen molar-refractivity contribution < 1.29 is 4.74 Å². The maximum absolute atomic E-state index is 5.82. The van der Waals surface area contributed by atoms with E-state index in [9.17, 15) is 0 Å². The molecule has 0 unspecified atom stereocenters. The third-order valence-corrected chi connectivity index (χ3v) is 7.88. The fourth-order valence-corrected chi connectivity index (χ4v) is 5.35. The van der Waals surface area contributed by atoms with E-state index in [4.69, 9.17) is 4.74 Å². The zero-order chi connectivity index (χ0) is 12.5. The highest BCUT2D eigenvalue weighted by Gasteiger charge is 2.37. The lowest BCUT2D eigenvalue weighted by Crippen LogP contribution is -2.26. The van der Waals surface area contributed by atoms with E-state index in [0.29, 0.717) is 0 Å². The molecule has 2 rings (SSSR count). The van der Waals surface area contributed by atoms with Crippen molar-refractivity contribution in [3.63, 3.8) is 0 Å². The molecule has 0 aromatic heterocycles. The SMILES string of the molecule is CSc1cc2c(cc1Br)C(SC)(SC)CCO2. The van der Waals surface area contributed by atoms with Gasteiger partial charge in [-0.2, -0.15) is 0 Å². The summed E-state index contributed by atoms with van der Waals surface area (Å²) in [7, 11) is 0. The molecule has 0 saturated carbocycles. The van der Waals surface area contributed by atoms with Crippen LogP contribution >= 0.6 is 51.2 Å². The van der Waals surface area contributed by atoms with E-state index < -0.39 is 0 Å². The lowest BCUT2D eigenvalue weighted by Gasteiger charge is -2.36. The third kappa shape index (κ3) is 2.48. The zero-order valence-corrected chi connectivity index (χ0v) is 14.1. The molecular weight excluding hydrogens is 336 g/mol. The molecule has 1 aliphatic rings. The Labute approximate surface area is 124 Å². The average Bonchev–Trinajstić information content (AvgIpc) is 2.37. The molecule has 1 heterocycles. The van der Waals surface area contributed by atoms with Crippen LogP contribution in [0, 0.1) is 0 Å². The summed E-state index contributed by atoms with van der Waals surface area (Å²) < 4.78 is 7.13. The van der Waals surface area contributed by atoms with Gasteiger partial charge in [-0.05, 0) is 46.8 Å². The first-order valence-electron chi connectivity index (χ1n) is 5.28. The van der Waals surface area contributed by atoms with Crippen molar-refractivity contribution in [2.75, 3.05) is 25.4 Å². The van der Waals surface area contributed by atoms with Gasteiger partial charge in [0.2, 0.25) is 0 Å². The second-order valence-electron chi connectivity index (χ2n) is 3.74. The van der Waals surface area contributed by atoms with Gasteiger partial charge in [0.1, 0.15) is 5.75 Å². The molecule has 0 fully saturated rings. The van der Waals surface area contributed by atoms with Crippen LogP contribution in [0.3, 0.4) is 0 Å². The molecule has 0 bridgehead atoms. The molecule has 1 nitrogen and oxygen atoms in total. The summed E-state index contributed by atoms with van der Waals surface area (Å²) in [4.78, 5) is 1.24. The van der Waals surface area contributed by atoms with Crippen molar-refractivity contribution in [3.05, 3.63) is 22.2 Å². The molecular formula is C12H15BrOS3. The minimum Gasteiger partial charge on any atom is -0.493 e. The number of hydrogen-bond donors (Lipinski definition) is 0. The van der Waals surface area contributed by atoms with E-state index in [1.807, 2.05) is 23.5 Å². The van der Waals surface area contributed by atoms with Crippen molar-refractivity contribution in [1.29, 1.82) is 0 Å². The number of thioether (sulfide) groups is 3. The minimum absolute atomic E-state index is 0.146. The fraction of sp³-hybridized carbons (Fsp3) is 0.500. The van der Waals surface area contributed by atoms with Gasteiger partial charge >= 0.3 is 0 Å². The maximum atomic E-state index is 5.82. The number of rotatable bonds is 3. The van der Waals surface area contributed by atoms with Crippen LogP contribution in [-0.2, 0) is 4.08 Å². The van der Waals surface area contributed by atoms with Crippen molar-refractivity contribution >= 4 is 51.2 Å². The van der Waals surface area contributed by atoms with Gasteiger partial charge in [0.05, 0.1) is 10.7 Å². The average molecular weight is 351 g/mol. The van der Waals surface area contributed by atoms with Crippen molar-refractivity contribution in [1.82, 2.24) is 0 Å². The number of fused-ring (bicyclic) bond motifs is 1. The second kappa shape index (κ2) is 5.68. The smallest absolute Gasteiger partial charge is 0.125 e. The van der Waals surface area contributed by atoms with Crippen LogP contribution in [0.4, 0.5) is 0 Å². The Morgan fingerprint density at radius 1 is 1.24 bits per heavy atom. The highest BCUT2D eigenvalue weighted by Crippen LogP contribution is 2.53. The van der Waals surface area contributed by atoms with E-state index in [1.54, 1.807) is 11.8 Å². The molecule has 94 valence electrons. The Hall–Kier alpha value is 0.550. The number of ether oxygens (including phenoxy) is 1. The van der Waals surface area contributed by atoms with Gasteiger partial charge < -0.3 is 4.74 Å². The van der Waals surface area contributed by atoms with Crippen LogP contribution in [0.2, 0.25) is 0 Å². The van der Waals surface area contributed by atoms with E-state index >= 15 is 0 Å². The lowest BCUT2D eigenvalue weighted by atomic mass is 10.1. The summed E-state index contributed by atoms with van der Waals surface area (Å²) in [5.41, 5.74) is 1.31. The summed E-state index contributed by atoms with van der Waals surface area (Å²) in [5.74, 6) is 1.05. The zero-order valence-electron chi connectivity index (χ0n) is 10.1. The Balaban J connectivity index is 2.55. The molecule has 0 saturated heterocycles. The van der Waals surface area contributed by atoms with Gasteiger partial charge in [-0.15, -0.1) is 35.3 Å². The lowest BCUT2D eigenvalue weighted by molar-refractivity contribution is 0.279. The summed E-state index contributed by atoms with van der Waals surface area (Å²) in [5, 5.41) is 0. The fourth-order valence-electron chi connectivity index (χ4n) is 2.05. The summed E-state index contributed by atoms with van der Waals surface area (Å²) >= 11 is 9.22. The van der Waals surface area contributed by atoms with Crippen molar-refractivity contribution in [2.45, 2.75) is 15.4 Å². The van der Waals surface area contributed by atoms with Gasteiger partial charge in [-0.3, -0.25) is 0 Å². The van der Waals surface area contributed by atoms with Gasteiger partial charge in [-0.1, -0.05) is 0 Å². The molecule has 0 aliphatic carbocycles. The van der Waals surface area contributed by atoms with Crippen LogP contribution in [0.1, 0.15) is 12.0 Å². The number of hydrogen-bond acceptors (Lipinski definition) is 4. The first-order valence-corrected chi connectivity index (χ1v) is 9.74. The molecule has 5 heteroatoms. The molecule has 1 aromatic carbocycles. The molecule has 0 atom stereocenters. The standard InChI is InChI=1S/C12H15BrOS3/c1-15-11-7-10-8(6-9(11)13)12(16-2,17-3)4-5-14-10/h6-7H,4-5H2,1-3H3. The van der Waals surface area contributed by atoms with Gasteiger partial charge in [0, 0.05) is 21.4 Å². The van der Waals surface area contributed by atoms with Gasteiger partial charge in [-0.25, -0.2) is 0 Å². The first kappa shape index (κ1) is 14.0. The largest absolute Gasteiger partial charge is 0.493 e. The first-order chi connectivity index (χ1) is 8.16. The Morgan fingerprint density at radius 3 is 2.53 bits per heavy atom. The summed E-state index contributed by atoms with van der Waals surface area (Å²) in [6.07, 6.45) is 7.52. The van der Waals surface area contributed by atoms with E-state index in [2.05, 4.69) is 46.8 Å². The van der Waals surface area contributed by atoms with Gasteiger partial charge in [0.25, 0.3) is 0 Å². The van der Waals surface area contributed by atoms with Crippen LogP contribution in [0.5, 0.6) is 5.75 Å². The summed E-state index contributed by atoms with van der Waals surface area (Å²) in [6.45, 7) is 0.810. The Bertz CT molecular complexity index is 418. The molecule has 0 amide bonds. The highest BCUT2D eigenvalue weighted by atomic mass is 79.9. The minimum atomic E-state index is 0.146. The Morgan fingerprint density at radius 2 is 1.94 bits per heavy atom. The van der Waals surface area contributed by atoms with E-state index in [-0.39, 0.29) is 4.08 Å². The predicted octanol–water partition coefficient (Wildman–Crippen LogP) is 4.83. The Kier molecular flexibility index (Phi) is 4.67. The number of benzene rings is 1. The summed E-state index contributed by atoms with van der Waals surface area (Å²) in [6, 6.07) is 4.39. The van der Waals surface area contributed by atoms with E-state index in [1.165, 1.54) is 14.9 Å². The molecule has 0 radical (unpaired) electrons. The van der Waals surface area contributed by atoms with Crippen molar-refractivity contribution in [2.24, 2.45) is 0 Å². The molecule has 0 N–H and O–H groups in total. The van der Waals surface area contributed by atoms with Crippen molar-refractivity contribution in [3.8, 4) is 5.75 Å². The van der Waals surface area contributed by atoms with Crippen LogP contribution in [0.25, 0.3) is 0 Å². The molecule has 1 aliphatic heterocycles. The third-order valence-electron chi connectivity index (χ3n) is 3.01. The topological polar surface area (TPSA) is 9.23 Å². The predicted molar refractivity (Wildman–Crippen MR) is 84.7 cm³/mol. The van der Waals surface area contributed by atoms with Crippen LogP contribution < -0.4 is 4.74 Å². The van der Waals surface area contributed by atoms with Crippen LogP contribution in [0.15, 0.2) is 21.5 Å². The maximum Gasteiger partial charge on any atom is 0.125 e. The van der Waals surface area contributed by atoms with Crippen LogP contribution in [-0.4, -0.2) is 25.4 Å². The quantitative estimate of drug-likeness (QED) is 0.569. The number of halogens is 1. The molecule has 0 spiro atoms. The normalized spacial score (nSPS) is 17.4. The second-order valence-corrected chi connectivity index (χ2v) is 7.91. The monoisotopic (exact) mass is 350 g/mol. The van der Waals surface area contributed by atoms with E-state index in [0.717, 1.165) is 18.8 Å². The molecule has 17 heavy (non-hydrogen) atoms.